The number of hydrogen-bond donors (Lipinski definition) is 3. The maximum atomic E-state index is 12.6. The van der Waals surface area contributed by atoms with Gasteiger partial charge in [-0.1, -0.05) is 187 Å². The lowest BCUT2D eigenvalue weighted by Gasteiger charge is -2.20. The average molecular weight is 765 g/mol. The number of hydrogen-bond acceptors (Lipinski definition) is 9. The first-order valence-electron chi connectivity index (χ1n) is 21.5. The van der Waals surface area contributed by atoms with E-state index in [-0.39, 0.29) is 19.4 Å². The molecule has 0 aliphatic heterocycles. The van der Waals surface area contributed by atoms with Gasteiger partial charge in [0.05, 0.1) is 19.8 Å². The third kappa shape index (κ3) is 37.3. The number of unbranched alkanes of at least 4 members (excludes halogenated alkanes) is 27. The zero-order valence-electron chi connectivity index (χ0n) is 33.6. The maximum Gasteiger partial charge on any atom is 0.472 e. The van der Waals surface area contributed by atoms with Gasteiger partial charge in [0.2, 0.25) is 0 Å². The number of aliphatic hydroxyl groups excluding tert-OH is 2. The highest BCUT2D eigenvalue weighted by Crippen LogP contribution is 2.43. The molecule has 3 atom stereocenters. The lowest BCUT2D eigenvalue weighted by molar-refractivity contribution is -0.161. The first-order chi connectivity index (χ1) is 25.2. The Labute approximate surface area is 318 Å². The Bertz CT molecular complexity index is 842. The van der Waals surface area contributed by atoms with E-state index in [1.54, 1.807) is 0 Å². The molecule has 11 heteroatoms. The second-order valence-corrected chi connectivity index (χ2v) is 16.2. The van der Waals surface area contributed by atoms with E-state index in [4.69, 9.17) is 19.1 Å². The third-order valence-corrected chi connectivity index (χ3v) is 10.5. The molecular weight excluding hydrogens is 683 g/mol. The summed E-state index contributed by atoms with van der Waals surface area (Å²) in [5.74, 6) is -0.916. The van der Waals surface area contributed by atoms with E-state index < -0.39 is 51.8 Å². The van der Waals surface area contributed by atoms with E-state index in [9.17, 15) is 24.2 Å². The molecular formula is C41H81O10P. The Kier molecular flexibility index (Phi) is 37.5. The number of aliphatic hydroxyl groups is 2. The predicted molar refractivity (Wildman–Crippen MR) is 210 cm³/mol. The fourth-order valence-electron chi connectivity index (χ4n) is 6.17. The number of phosphoric ester groups is 1. The second-order valence-electron chi connectivity index (χ2n) is 14.7. The zero-order chi connectivity index (χ0) is 38.4. The molecule has 0 aromatic heterocycles. The van der Waals surface area contributed by atoms with Crippen molar-refractivity contribution in [3.8, 4) is 0 Å². The zero-order valence-corrected chi connectivity index (χ0v) is 34.4. The Morgan fingerprint density at radius 3 is 1.19 bits per heavy atom. The predicted octanol–water partition coefficient (Wildman–Crippen LogP) is 11.1. The van der Waals surface area contributed by atoms with Gasteiger partial charge in [0.1, 0.15) is 12.7 Å². The van der Waals surface area contributed by atoms with Crippen LogP contribution in [0.2, 0.25) is 0 Å². The van der Waals surface area contributed by atoms with E-state index in [0.717, 1.165) is 38.5 Å². The monoisotopic (exact) mass is 765 g/mol. The number of phosphoric acid groups is 1. The number of carbonyl (C=O) groups excluding carboxylic acids is 2. The smallest absolute Gasteiger partial charge is 0.462 e. The Morgan fingerprint density at radius 2 is 0.827 bits per heavy atom. The van der Waals surface area contributed by atoms with Gasteiger partial charge < -0.3 is 24.6 Å². The van der Waals surface area contributed by atoms with Gasteiger partial charge in [0.15, 0.2) is 6.10 Å². The summed E-state index contributed by atoms with van der Waals surface area (Å²) in [6, 6.07) is 0. The minimum absolute atomic E-state index is 0.192. The van der Waals surface area contributed by atoms with Crippen LogP contribution in [0.1, 0.15) is 213 Å². The van der Waals surface area contributed by atoms with Crippen molar-refractivity contribution in [1.82, 2.24) is 0 Å². The minimum atomic E-state index is -4.60. The fraction of sp³-hybridized carbons (Fsp3) is 0.951. The van der Waals surface area contributed by atoms with Crippen LogP contribution in [-0.2, 0) is 32.7 Å². The van der Waals surface area contributed by atoms with Crippen molar-refractivity contribution in [3.63, 3.8) is 0 Å². The largest absolute Gasteiger partial charge is 0.472 e. The minimum Gasteiger partial charge on any atom is -0.462 e. The van der Waals surface area contributed by atoms with Gasteiger partial charge in [-0.05, 0) is 12.8 Å². The van der Waals surface area contributed by atoms with Crippen LogP contribution in [0.25, 0.3) is 0 Å². The van der Waals surface area contributed by atoms with Gasteiger partial charge in [-0.3, -0.25) is 18.6 Å². The molecule has 52 heavy (non-hydrogen) atoms. The van der Waals surface area contributed by atoms with Crippen LogP contribution < -0.4 is 0 Å². The number of ether oxygens (including phenoxy) is 2. The van der Waals surface area contributed by atoms with Crippen LogP contribution in [0, 0.1) is 0 Å². The highest BCUT2D eigenvalue weighted by molar-refractivity contribution is 7.47. The summed E-state index contributed by atoms with van der Waals surface area (Å²) < 4.78 is 32.6. The Morgan fingerprint density at radius 1 is 0.500 bits per heavy atom. The Hall–Kier alpha value is -1.03. The van der Waals surface area contributed by atoms with Crippen LogP contribution in [-0.4, -0.2) is 65.7 Å². The number of esters is 2. The second kappa shape index (κ2) is 38.3. The molecule has 0 aliphatic rings. The third-order valence-electron chi connectivity index (χ3n) is 9.51. The van der Waals surface area contributed by atoms with Crippen molar-refractivity contribution in [2.24, 2.45) is 0 Å². The molecule has 1 unspecified atom stereocenters. The van der Waals surface area contributed by atoms with Crippen molar-refractivity contribution in [2.75, 3.05) is 26.4 Å². The average Bonchev–Trinajstić information content (AvgIpc) is 3.13. The van der Waals surface area contributed by atoms with Gasteiger partial charge >= 0.3 is 19.8 Å². The molecule has 10 nitrogen and oxygen atoms in total. The summed E-state index contributed by atoms with van der Waals surface area (Å²) in [5.41, 5.74) is 0. The summed E-state index contributed by atoms with van der Waals surface area (Å²) in [7, 11) is -4.60. The molecule has 0 saturated heterocycles. The topological polar surface area (TPSA) is 149 Å². The summed E-state index contributed by atoms with van der Waals surface area (Å²) in [5, 5.41) is 18.3. The number of rotatable bonds is 41. The molecule has 0 fully saturated rings. The molecule has 3 N–H and O–H groups in total. The molecule has 310 valence electrons. The van der Waals surface area contributed by atoms with Gasteiger partial charge in [-0.15, -0.1) is 0 Å². The standard InChI is InChI=1S/C41H81O10P/c1-3-5-7-9-11-13-14-15-16-17-18-19-20-21-22-23-24-25-27-29-31-33-41(45)51-39(37-50-52(46,47)49-35-38(43)34-42)36-48-40(44)32-30-28-26-12-10-8-6-4-2/h38-39,42-43H,3-37H2,1-2H3,(H,46,47)/t38-,39+/m0/s1. The lowest BCUT2D eigenvalue weighted by atomic mass is 10.0. The molecule has 0 spiro atoms. The molecule has 0 heterocycles. The summed E-state index contributed by atoms with van der Waals surface area (Å²) >= 11 is 0. The molecule has 0 saturated carbocycles. The van der Waals surface area contributed by atoms with E-state index >= 15 is 0 Å². The van der Waals surface area contributed by atoms with Crippen molar-refractivity contribution in [3.05, 3.63) is 0 Å². The first kappa shape index (κ1) is 51.0. The van der Waals surface area contributed by atoms with Crippen molar-refractivity contribution in [2.45, 2.75) is 225 Å². The van der Waals surface area contributed by atoms with Crippen LogP contribution in [0.3, 0.4) is 0 Å². The van der Waals surface area contributed by atoms with Crippen LogP contribution in [0.5, 0.6) is 0 Å². The molecule has 0 aliphatic carbocycles. The van der Waals surface area contributed by atoms with Gasteiger partial charge in [0.25, 0.3) is 0 Å². The van der Waals surface area contributed by atoms with E-state index in [2.05, 4.69) is 18.4 Å². The molecule has 0 aromatic rings. The summed E-state index contributed by atoms with van der Waals surface area (Å²) in [6.07, 6.45) is 33.8. The molecule has 0 bridgehead atoms. The van der Waals surface area contributed by atoms with Crippen molar-refractivity contribution < 1.29 is 47.8 Å². The molecule has 0 radical (unpaired) electrons. The van der Waals surface area contributed by atoms with Gasteiger partial charge in [0, 0.05) is 12.8 Å². The SMILES string of the molecule is CCCCCCCCCCCCCCCCCCCCCCCC(=O)O[C@H](COC(=O)CCCCCCCCCC)COP(=O)(O)OC[C@@H](O)CO. The van der Waals surface area contributed by atoms with Gasteiger partial charge in [-0.2, -0.15) is 0 Å². The quantitative estimate of drug-likeness (QED) is 0.0312. The van der Waals surface area contributed by atoms with E-state index in [1.807, 2.05) is 0 Å². The van der Waals surface area contributed by atoms with Crippen molar-refractivity contribution >= 4 is 19.8 Å². The van der Waals surface area contributed by atoms with E-state index in [1.165, 1.54) is 135 Å². The van der Waals surface area contributed by atoms with Crippen molar-refractivity contribution in [1.29, 1.82) is 0 Å². The maximum absolute atomic E-state index is 12.6. The van der Waals surface area contributed by atoms with Crippen LogP contribution >= 0.6 is 7.82 Å². The first-order valence-corrected chi connectivity index (χ1v) is 23.0. The molecule has 0 rings (SSSR count). The van der Waals surface area contributed by atoms with E-state index in [0.29, 0.717) is 12.8 Å². The Balaban J connectivity index is 4.11. The van der Waals surface area contributed by atoms with Crippen LogP contribution in [0.4, 0.5) is 0 Å². The molecule has 0 amide bonds. The summed E-state index contributed by atoms with van der Waals surface area (Å²) in [6.45, 7) is 2.37. The highest BCUT2D eigenvalue weighted by atomic mass is 31.2. The fourth-order valence-corrected chi connectivity index (χ4v) is 6.96. The number of carbonyl (C=O) groups is 2. The van der Waals surface area contributed by atoms with Crippen LogP contribution in [0.15, 0.2) is 0 Å². The lowest BCUT2D eigenvalue weighted by Crippen LogP contribution is -2.29. The van der Waals surface area contributed by atoms with Gasteiger partial charge in [-0.25, -0.2) is 4.57 Å². The summed E-state index contributed by atoms with van der Waals surface area (Å²) in [4.78, 5) is 34.8. The normalized spacial score (nSPS) is 13.9. The highest BCUT2D eigenvalue weighted by Gasteiger charge is 2.27. The molecule has 0 aromatic carbocycles.